The predicted molar refractivity (Wildman–Crippen MR) is 78.2 cm³/mol. The Labute approximate surface area is 122 Å². The molecule has 2 nitrogen and oxygen atoms in total. The van der Waals surface area contributed by atoms with Crippen LogP contribution in [0.15, 0.2) is 18.2 Å². The molecule has 1 aromatic rings. The fraction of sp³-hybridized carbons (Fsp3) is 0.533. The lowest BCUT2D eigenvalue weighted by Crippen LogP contribution is -2.40. The van der Waals surface area contributed by atoms with Gasteiger partial charge in [-0.2, -0.15) is 0 Å². The van der Waals surface area contributed by atoms with Crippen molar-refractivity contribution < 1.29 is 9.18 Å². The van der Waals surface area contributed by atoms with Crippen molar-refractivity contribution in [3.63, 3.8) is 0 Å². The molecule has 0 aromatic heterocycles. The molecule has 1 aliphatic rings. The highest BCUT2D eigenvalue weighted by Crippen LogP contribution is 2.26. The van der Waals surface area contributed by atoms with E-state index in [1.165, 1.54) is 12.1 Å². The molecule has 1 unspecified atom stereocenters. The van der Waals surface area contributed by atoms with Gasteiger partial charge in [0.05, 0.1) is 0 Å². The van der Waals surface area contributed by atoms with E-state index in [2.05, 4.69) is 22.9 Å². The molecule has 1 aliphatic heterocycles. The number of hydrogen-bond acceptors (Lipinski definition) is 1. The topological polar surface area (TPSA) is 20.3 Å². The van der Waals surface area contributed by atoms with Crippen molar-refractivity contribution in [2.75, 3.05) is 13.1 Å². The predicted octanol–water partition coefficient (Wildman–Crippen LogP) is 3.77. The molecule has 0 N–H and O–H groups in total. The molecule has 1 atom stereocenters. The van der Waals surface area contributed by atoms with Gasteiger partial charge in [0.1, 0.15) is 5.82 Å². The number of piperidine rings is 1. The maximum atomic E-state index is 13.1. The first-order valence-corrected chi connectivity index (χ1v) is 7.60. The van der Waals surface area contributed by atoms with E-state index in [4.69, 9.17) is 0 Å². The number of rotatable bonds is 2. The Balaban J connectivity index is 2.05. The number of benzene rings is 1. The normalized spacial score (nSPS) is 18.4. The minimum atomic E-state index is -0.291. The first kappa shape index (κ1) is 14.5. The van der Waals surface area contributed by atoms with E-state index in [1.807, 2.05) is 4.90 Å². The fourth-order valence-electron chi connectivity index (χ4n) is 2.60. The van der Waals surface area contributed by atoms with Gasteiger partial charge in [0, 0.05) is 23.5 Å². The summed E-state index contributed by atoms with van der Waals surface area (Å²) in [7, 11) is 0. The minimum absolute atomic E-state index is 0.0261. The van der Waals surface area contributed by atoms with Gasteiger partial charge in [-0.15, -0.1) is 0 Å². The number of hydrogen-bond donors (Lipinski definition) is 0. The monoisotopic (exact) mass is 327 g/mol. The van der Waals surface area contributed by atoms with Gasteiger partial charge in [-0.3, -0.25) is 4.79 Å². The van der Waals surface area contributed by atoms with Gasteiger partial charge in [-0.1, -0.05) is 22.9 Å². The average Bonchev–Trinajstić information content (AvgIpc) is 2.38. The summed E-state index contributed by atoms with van der Waals surface area (Å²) in [4.78, 5) is 14.8. The molecule has 1 fully saturated rings. The van der Waals surface area contributed by atoms with Gasteiger partial charge in [-0.25, -0.2) is 4.39 Å². The zero-order chi connectivity index (χ0) is 14.0. The van der Waals surface area contributed by atoms with Crippen molar-refractivity contribution in [2.45, 2.75) is 31.5 Å². The Morgan fingerprint density at radius 2 is 2.05 bits per heavy atom. The quantitative estimate of drug-likeness (QED) is 0.757. The van der Waals surface area contributed by atoms with Crippen LogP contribution in [0.25, 0.3) is 0 Å². The molecular weight excluding hydrogens is 309 g/mol. The molecule has 1 aromatic carbocycles. The second-order valence-corrected chi connectivity index (χ2v) is 6.71. The van der Waals surface area contributed by atoms with Crippen molar-refractivity contribution in [1.82, 2.24) is 4.90 Å². The number of likely N-dealkylation sites (tertiary alicyclic amines) is 1. The van der Waals surface area contributed by atoms with Crippen molar-refractivity contribution >= 4 is 21.8 Å². The second kappa shape index (κ2) is 6.04. The summed E-state index contributed by atoms with van der Waals surface area (Å²) >= 11 is 3.61. The van der Waals surface area contributed by atoms with Crippen LogP contribution in [-0.2, 0) is 0 Å². The second-order valence-electron chi connectivity index (χ2n) is 5.27. The Morgan fingerprint density at radius 3 is 2.58 bits per heavy atom. The van der Waals surface area contributed by atoms with E-state index in [0.717, 1.165) is 25.9 Å². The van der Waals surface area contributed by atoms with Crippen LogP contribution in [-0.4, -0.2) is 28.7 Å². The summed E-state index contributed by atoms with van der Waals surface area (Å²) < 4.78 is 13.1. The van der Waals surface area contributed by atoms with E-state index < -0.39 is 0 Å². The van der Waals surface area contributed by atoms with Crippen LogP contribution in [0.1, 0.15) is 35.7 Å². The summed E-state index contributed by atoms with van der Waals surface area (Å²) in [6.45, 7) is 5.52. The van der Waals surface area contributed by atoms with Crippen LogP contribution in [0, 0.1) is 18.7 Å². The molecule has 0 bridgehead atoms. The fourth-order valence-corrected chi connectivity index (χ4v) is 3.13. The average molecular weight is 328 g/mol. The first-order chi connectivity index (χ1) is 8.99. The van der Waals surface area contributed by atoms with Crippen LogP contribution < -0.4 is 0 Å². The molecule has 19 heavy (non-hydrogen) atoms. The Kier molecular flexibility index (Phi) is 4.61. The Morgan fingerprint density at radius 1 is 1.42 bits per heavy atom. The molecule has 1 heterocycles. The summed E-state index contributed by atoms with van der Waals surface area (Å²) in [5, 5.41) is 0. The van der Waals surface area contributed by atoms with Gasteiger partial charge < -0.3 is 4.90 Å². The number of alkyl halides is 1. The van der Waals surface area contributed by atoms with Crippen molar-refractivity contribution in [2.24, 2.45) is 5.92 Å². The van der Waals surface area contributed by atoms with Crippen LogP contribution in [0.2, 0.25) is 0 Å². The summed E-state index contributed by atoms with van der Waals surface area (Å²) in [6.07, 6.45) is 2.05. The molecule has 104 valence electrons. The third-order valence-electron chi connectivity index (χ3n) is 3.90. The standard InChI is InChI=1S/C15H19BrFNO/c1-10-9-13(17)3-4-14(10)15(19)18-7-5-12(6-8-18)11(2)16/h3-4,9,11-12H,5-8H2,1-2H3. The molecule has 0 saturated carbocycles. The minimum Gasteiger partial charge on any atom is -0.339 e. The molecule has 4 heteroatoms. The highest BCUT2D eigenvalue weighted by molar-refractivity contribution is 9.09. The van der Waals surface area contributed by atoms with Gasteiger partial charge >= 0.3 is 0 Å². The number of carbonyl (C=O) groups excluding carboxylic acids is 1. The van der Waals surface area contributed by atoms with Crippen molar-refractivity contribution in [3.05, 3.63) is 35.1 Å². The molecule has 1 amide bonds. The van der Waals surface area contributed by atoms with Crippen LogP contribution in [0.4, 0.5) is 4.39 Å². The van der Waals surface area contributed by atoms with Crippen molar-refractivity contribution in [1.29, 1.82) is 0 Å². The van der Waals surface area contributed by atoms with Gasteiger partial charge in [0.25, 0.3) is 5.91 Å². The third-order valence-corrected chi connectivity index (χ3v) is 4.64. The van der Waals surface area contributed by atoms with E-state index >= 15 is 0 Å². The molecule has 0 radical (unpaired) electrons. The number of halogens is 2. The summed E-state index contributed by atoms with van der Waals surface area (Å²) in [6, 6.07) is 4.36. The summed E-state index contributed by atoms with van der Waals surface area (Å²) in [5.41, 5.74) is 1.33. The van der Waals surface area contributed by atoms with E-state index in [-0.39, 0.29) is 11.7 Å². The van der Waals surface area contributed by atoms with Crippen LogP contribution in [0.5, 0.6) is 0 Å². The zero-order valence-corrected chi connectivity index (χ0v) is 12.9. The first-order valence-electron chi connectivity index (χ1n) is 6.68. The SMILES string of the molecule is Cc1cc(F)ccc1C(=O)N1CCC(C(C)Br)CC1. The third kappa shape index (κ3) is 3.35. The number of amides is 1. The molecular formula is C15H19BrFNO. The highest BCUT2D eigenvalue weighted by Gasteiger charge is 2.26. The number of nitrogens with zero attached hydrogens (tertiary/aromatic N) is 1. The molecule has 1 saturated heterocycles. The van der Waals surface area contributed by atoms with E-state index in [0.29, 0.717) is 21.9 Å². The molecule has 0 aliphatic carbocycles. The molecule has 0 spiro atoms. The highest BCUT2D eigenvalue weighted by atomic mass is 79.9. The Bertz CT molecular complexity index is 467. The van der Waals surface area contributed by atoms with Crippen LogP contribution >= 0.6 is 15.9 Å². The summed E-state index contributed by atoms with van der Waals surface area (Å²) in [5.74, 6) is 0.373. The largest absolute Gasteiger partial charge is 0.339 e. The van der Waals surface area contributed by atoms with E-state index in [9.17, 15) is 9.18 Å². The lowest BCUT2D eigenvalue weighted by Gasteiger charge is -2.33. The number of carbonyl (C=O) groups is 1. The van der Waals surface area contributed by atoms with Gasteiger partial charge in [-0.05, 0) is 49.4 Å². The lowest BCUT2D eigenvalue weighted by atomic mass is 9.93. The van der Waals surface area contributed by atoms with Gasteiger partial charge in [0.2, 0.25) is 0 Å². The maximum absolute atomic E-state index is 13.1. The van der Waals surface area contributed by atoms with Crippen LogP contribution in [0.3, 0.4) is 0 Å². The smallest absolute Gasteiger partial charge is 0.254 e. The lowest BCUT2D eigenvalue weighted by molar-refractivity contribution is 0.0690. The Hall–Kier alpha value is -0.900. The van der Waals surface area contributed by atoms with E-state index in [1.54, 1.807) is 13.0 Å². The van der Waals surface area contributed by atoms with Crippen molar-refractivity contribution in [3.8, 4) is 0 Å². The van der Waals surface area contributed by atoms with Gasteiger partial charge in [0.15, 0.2) is 0 Å². The maximum Gasteiger partial charge on any atom is 0.254 e. The number of aryl methyl sites for hydroxylation is 1. The zero-order valence-electron chi connectivity index (χ0n) is 11.3. The molecule has 2 rings (SSSR count).